The van der Waals surface area contributed by atoms with Gasteiger partial charge in [0.05, 0.1) is 7.11 Å². The summed E-state index contributed by atoms with van der Waals surface area (Å²) >= 11 is 0. The van der Waals surface area contributed by atoms with Crippen molar-refractivity contribution in [3.05, 3.63) is 23.3 Å². The molecule has 0 radical (unpaired) electrons. The lowest BCUT2D eigenvalue weighted by Gasteiger charge is -2.31. The number of piperidine rings is 1. The van der Waals surface area contributed by atoms with Crippen molar-refractivity contribution in [3.63, 3.8) is 0 Å². The standard InChI is InChI=1S/C15H24N2O3S.ClH/c1-11-7-12(2)15(20-3)14(8-11)21(18,19)17-6-4-5-13(9-16)10-17;/h7-8,13H,4-6,9-10,16H2,1-3H3;1H. The molecule has 1 aliphatic rings. The normalized spacial score (nSPS) is 19.5. The number of methoxy groups -OCH3 is 1. The number of hydrogen-bond acceptors (Lipinski definition) is 4. The number of sulfonamides is 1. The van der Waals surface area contributed by atoms with Gasteiger partial charge >= 0.3 is 0 Å². The third kappa shape index (κ3) is 3.74. The van der Waals surface area contributed by atoms with Crippen molar-refractivity contribution in [2.45, 2.75) is 31.6 Å². The van der Waals surface area contributed by atoms with Gasteiger partial charge in [-0.1, -0.05) is 6.07 Å². The molecule has 0 saturated carbocycles. The van der Waals surface area contributed by atoms with Crippen LogP contribution in [-0.2, 0) is 10.0 Å². The summed E-state index contributed by atoms with van der Waals surface area (Å²) in [6.45, 7) is 5.33. The molecule has 1 aliphatic heterocycles. The lowest BCUT2D eigenvalue weighted by atomic mass is 10.0. The summed E-state index contributed by atoms with van der Waals surface area (Å²) < 4.78 is 32.8. The van der Waals surface area contributed by atoms with Gasteiger partial charge in [-0.05, 0) is 56.3 Å². The first-order valence-corrected chi connectivity index (χ1v) is 8.69. The van der Waals surface area contributed by atoms with Crippen LogP contribution in [0.1, 0.15) is 24.0 Å². The number of hydrogen-bond donors (Lipinski definition) is 1. The van der Waals surface area contributed by atoms with E-state index >= 15 is 0 Å². The van der Waals surface area contributed by atoms with Crippen LogP contribution in [0.4, 0.5) is 0 Å². The van der Waals surface area contributed by atoms with Crippen molar-refractivity contribution in [1.82, 2.24) is 4.31 Å². The van der Waals surface area contributed by atoms with Gasteiger partial charge in [-0.25, -0.2) is 8.42 Å². The van der Waals surface area contributed by atoms with E-state index in [0.29, 0.717) is 25.4 Å². The Bertz CT molecular complexity index is 619. The van der Waals surface area contributed by atoms with Crippen LogP contribution in [0.15, 0.2) is 17.0 Å². The molecule has 0 aliphatic carbocycles. The smallest absolute Gasteiger partial charge is 0.246 e. The molecule has 5 nitrogen and oxygen atoms in total. The van der Waals surface area contributed by atoms with E-state index in [1.54, 1.807) is 10.4 Å². The van der Waals surface area contributed by atoms with Gasteiger partial charge in [0.1, 0.15) is 10.6 Å². The predicted octanol–water partition coefficient (Wildman–Crippen LogP) is 2.09. The molecule has 1 heterocycles. The Morgan fingerprint density at radius 2 is 2.05 bits per heavy atom. The van der Waals surface area contributed by atoms with Gasteiger partial charge in [0.15, 0.2) is 0 Å². The van der Waals surface area contributed by atoms with Gasteiger partial charge in [0.25, 0.3) is 0 Å². The molecule has 2 N–H and O–H groups in total. The SMILES string of the molecule is COc1c(C)cc(C)cc1S(=O)(=O)N1CCCC(CN)C1.Cl. The maximum absolute atomic E-state index is 12.9. The Hall–Kier alpha value is -0.820. The number of nitrogens with zero attached hydrogens (tertiary/aromatic N) is 1. The van der Waals surface area contributed by atoms with E-state index in [9.17, 15) is 8.42 Å². The van der Waals surface area contributed by atoms with Crippen LogP contribution >= 0.6 is 12.4 Å². The van der Waals surface area contributed by atoms with E-state index in [0.717, 1.165) is 24.0 Å². The Balaban J connectivity index is 0.00000242. The fourth-order valence-electron chi connectivity index (χ4n) is 2.95. The number of aryl methyl sites for hydroxylation is 2. The Morgan fingerprint density at radius 1 is 1.36 bits per heavy atom. The van der Waals surface area contributed by atoms with Crippen molar-refractivity contribution < 1.29 is 13.2 Å². The van der Waals surface area contributed by atoms with Gasteiger partial charge in [0, 0.05) is 13.1 Å². The fraction of sp³-hybridized carbons (Fsp3) is 0.600. The zero-order valence-electron chi connectivity index (χ0n) is 13.3. The number of halogens is 1. The highest BCUT2D eigenvalue weighted by Gasteiger charge is 2.32. The third-order valence-electron chi connectivity index (χ3n) is 4.02. The van der Waals surface area contributed by atoms with Crippen LogP contribution in [0, 0.1) is 19.8 Å². The highest BCUT2D eigenvalue weighted by atomic mass is 35.5. The van der Waals surface area contributed by atoms with Crippen LogP contribution in [0.3, 0.4) is 0 Å². The Morgan fingerprint density at radius 3 is 2.64 bits per heavy atom. The van der Waals surface area contributed by atoms with Crippen LogP contribution < -0.4 is 10.5 Å². The molecule has 1 fully saturated rings. The van der Waals surface area contributed by atoms with Gasteiger partial charge in [-0.3, -0.25) is 0 Å². The molecular formula is C15H25ClN2O3S. The molecule has 2 rings (SSSR count). The average molecular weight is 349 g/mol. The number of ether oxygens (including phenoxy) is 1. The van der Waals surface area contributed by atoms with Crippen molar-refractivity contribution in [2.24, 2.45) is 11.7 Å². The van der Waals surface area contributed by atoms with Crippen molar-refractivity contribution in [3.8, 4) is 5.75 Å². The molecule has 7 heteroatoms. The molecule has 1 unspecified atom stereocenters. The van der Waals surface area contributed by atoms with E-state index in [1.807, 2.05) is 19.9 Å². The quantitative estimate of drug-likeness (QED) is 0.904. The van der Waals surface area contributed by atoms with Gasteiger partial charge in [-0.2, -0.15) is 4.31 Å². The summed E-state index contributed by atoms with van der Waals surface area (Å²) in [6, 6.07) is 3.62. The van der Waals surface area contributed by atoms with Crippen molar-refractivity contribution >= 4 is 22.4 Å². The van der Waals surface area contributed by atoms with E-state index in [4.69, 9.17) is 10.5 Å². The molecule has 22 heavy (non-hydrogen) atoms. The zero-order valence-corrected chi connectivity index (χ0v) is 15.0. The first kappa shape index (κ1) is 19.2. The highest BCUT2D eigenvalue weighted by Crippen LogP contribution is 2.33. The molecule has 1 atom stereocenters. The second-order valence-corrected chi connectivity index (χ2v) is 7.63. The number of nitrogens with two attached hydrogens (primary N) is 1. The minimum atomic E-state index is -3.54. The van der Waals surface area contributed by atoms with Gasteiger partial charge in [0.2, 0.25) is 10.0 Å². The van der Waals surface area contributed by atoms with Crippen LogP contribution in [-0.4, -0.2) is 39.5 Å². The first-order chi connectivity index (χ1) is 9.90. The van der Waals surface area contributed by atoms with Crippen LogP contribution in [0.2, 0.25) is 0 Å². The Labute approximate surface area is 139 Å². The molecule has 1 aromatic carbocycles. The van der Waals surface area contributed by atoms with E-state index < -0.39 is 10.0 Å². The minimum absolute atomic E-state index is 0. The van der Waals surface area contributed by atoms with E-state index in [2.05, 4.69) is 0 Å². The largest absolute Gasteiger partial charge is 0.495 e. The summed E-state index contributed by atoms with van der Waals surface area (Å²) in [6.07, 6.45) is 1.85. The van der Waals surface area contributed by atoms with E-state index in [-0.39, 0.29) is 23.2 Å². The maximum Gasteiger partial charge on any atom is 0.246 e. The van der Waals surface area contributed by atoms with Crippen molar-refractivity contribution in [1.29, 1.82) is 0 Å². The van der Waals surface area contributed by atoms with Crippen molar-refractivity contribution in [2.75, 3.05) is 26.7 Å². The van der Waals surface area contributed by atoms with Crippen LogP contribution in [0.5, 0.6) is 5.75 Å². The highest BCUT2D eigenvalue weighted by molar-refractivity contribution is 7.89. The summed E-state index contributed by atoms with van der Waals surface area (Å²) in [5.74, 6) is 0.681. The summed E-state index contributed by atoms with van der Waals surface area (Å²) in [4.78, 5) is 0.264. The van der Waals surface area contributed by atoms with Gasteiger partial charge < -0.3 is 10.5 Å². The molecule has 0 bridgehead atoms. The first-order valence-electron chi connectivity index (χ1n) is 7.25. The monoisotopic (exact) mass is 348 g/mol. The molecule has 1 saturated heterocycles. The summed E-state index contributed by atoms with van der Waals surface area (Å²) in [5, 5.41) is 0. The van der Waals surface area contributed by atoms with E-state index in [1.165, 1.54) is 7.11 Å². The molecular weight excluding hydrogens is 324 g/mol. The lowest BCUT2D eigenvalue weighted by Crippen LogP contribution is -2.42. The summed E-state index contributed by atoms with van der Waals surface area (Å²) in [5.41, 5.74) is 7.46. The number of rotatable bonds is 4. The molecule has 0 aromatic heterocycles. The second-order valence-electron chi connectivity index (χ2n) is 5.72. The van der Waals surface area contributed by atoms with Gasteiger partial charge in [-0.15, -0.1) is 12.4 Å². The molecule has 0 spiro atoms. The summed E-state index contributed by atoms with van der Waals surface area (Å²) in [7, 11) is -2.03. The Kier molecular flexibility index (Phi) is 6.67. The molecule has 126 valence electrons. The third-order valence-corrected chi connectivity index (χ3v) is 5.89. The second kappa shape index (κ2) is 7.64. The zero-order chi connectivity index (χ0) is 15.6. The topological polar surface area (TPSA) is 72.6 Å². The predicted molar refractivity (Wildman–Crippen MR) is 90.3 cm³/mol. The maximum atomic E-state index is 12.9. The minimum Gasteiger partial charge on any atom is -0.495 e. The number of benzene rings is 1. The average Bonchev–Trinajstić information content (AvgIpc) is 2.46. The lowest BCUT2D eigenvalue weighted by molar-refractivity contribution is 0.270. The fourth-order valence-corrected chi connectivity index (χ4v) is 4.81. The van der Waals surface area contributed by atoms with Crippen LogP contribution in [0.25, 0.3) is 0 Å². The molecule has 0 amide bonds. The molecule has 1 aromatic rings.